The van der Waals surface area contributed by atoms with E-state index in [9.17, 15) is 4.79 Å². The molecular weight excluding hydrogens is 412 g/mol. The summed E-state index contributed by atoms with van der Waals surface area (Å²) in [4.78, 5) is 22.3. The van der Waals surface area contributed by atoms with Crippen LogP contribution in [0, 0.1) is 0 Å². The van der Waals surface area contributed by atoms with Crippen LogP contribution in [0.1, 0.15) is 16.4 Å². The van der Waals surface area contributed by atoms with E-state index in [-0.39, 0.29) is 5.91 Å². The van der Waals surface area contributed by atoms with E-state index in [4.69, 9.17) is 20.5 Å². The smallest absolute Gasteiger partial charge is 0.289 e. The molecule has 4 aromatic rings. The molecule has 1 amide bonds. The Kier molecular flexibility index (Phi) is 4.83. The second-order valence-corrected chi connectivity index (χ2v) is 8.23. The lowest BCUT2D eigenvalue weighted by atomic mass is 10.2. The Labute approximate surface area is 175 Å². The first-order valence-electron chi connectivity index (χ1n) is 9.23. The number of nitrogens with zero attached hydrogens (tertiary/aromatic N) is 4. The van der Waals surface area contributed by atoms with Crippen molar-refractivity contribution in [3.63, 3.8) is 0 Å². The molecule has 1 saturated heterocycles. The largest absolute Gasteiger partial charge is 0.451 e. The Morgan fingerprint density at radius 2 is 2.03 bits per heavy atom. The molecule has 9 heteroatoms. The summed E-state index contributed by atoms with van der Waals surface area (Å²) in [5.41, 5.74) is 0.661. The van der Waals surface area contributed by atoms with Crippen molar-refractivity contribution >= 4 is 39.8 Å². The van der Waals surface area contributed by atoms with Gasteiger partial charge in [-0.2, -0.15) is 4.98 Å². The second-order valence-electron chi connectivity index (χ2n) is 6.85. The minimum absolute atomic E-state index is 0.102. The number of rotatable bonds is 4. The predicted octanol–water partition coefficient (Wildman–Crippen LogP) is 4.16. The molecule has 0 N–H and O–H groups in total. The summed E-state index contributed by atoms with van der Waals surface area (Å²) in [5.74, 6) is 1.44. The Hall–Kier alpha value is -2.68. The van der Waals surface area contributed by atoms with Crippen LogP contribution in [0.5, 0.6) is 0 Å². The van der Waals surface area contributed by atoms with E-state index in [1.54, 1.807) is 40.5 Å². The SMILES string of the molecule is O=C(c1cc2cc(Cl)ccc2o1)N1CCN(Cc2nc(-c3cccs3)no2)CC1. The summed E-state index contributed by atoms with van der Waals surface area (Å²) in [6.45, 7) is 3.26. The molecule has 1 aliphatic heterocycles. The standard InChI is InChI=1S/C20H17ClN4O3S/c21-14-3-4-15-13(10-14)11-16(27-15)20(26)25-7-5-24(6-8-25)12-18-22-19(23-28-18)17-2-1-9-29-17/h1-4,9-11H,5-8,12H2. The first-order chi connectivity index (χ1) is 14.2. The predicted molar refractivity (Wildman–Crippen MR) is 110 cm³/mol. The molecule has 1 aliphatic rings. The summed E-state index contributed by atoms with van der Waals surface area (Å²) < 4.78 is 11.1. The number of benzene rings is 1. The van der Waals surface area contributed by atoms with Crippen molar-refractivity contribution in [3.05, 3.63) is 58.5 Å². The fourth-order valence-corrected chi connectivity index (χ4v) is 4.23. The maximum atomic E-state index is 12.8. The van der Waals surface area contributed by atoms with Gasteiger partial charge in [0.1, 0.15) is 5.58 Å². The van der Waals surface area contributed by atoms with Gasteiger partial charge in [0, 0.05) is 36.6 Å². The Morgan fingerprint density at radius 1 is 1.17 bits per heavy atom. The molecule has 7 nitrogen and oxygen atoms in total. The van der Waals surface area contributed by atoms with Crippen molar-refractivity contribution in [2.24, 2.45) is 0 Å². The molecule has 5 rings (SSSR count). The van der Waals surface area contributed by atoms with Crippen LogP contribution in [0.4, 0.5) is 0 Å². The number of hydrogen-bond acceptors (Lipinski definition) is 7. The molecule has 29 heavy (non-hydrogen) atoms. The fraction of sp³-hybridized carbons (Fsp3) is 0.250. The molecule has 0 aliphatic carbocycles. The van der Waals surface area contributed by atoms with E-state index in [1.165, 1.54) is 0 Å². The first-order valence-corrected chi connectivity index (χ1v) is 10.5. The third-order valence-electron chi connectivity index (χ3n) is 4.92. The lowest BCUT2D eigenvalue weighted by Gasteiger charge is -2.33. The number of fused-ring (bicyclic) bond motifs is 1. The number of aromatic nitrogens is 2. The zero-order chi connectivity index (χ0) is 19.8. The van der Waals surface area contributed by atoms with Gasteiger partial charge in [0.2, 0.25) is 11.7 Å². The number of thiophene rings is 1. The molecule has 3 aromatic heterocycles. The average Bonchev–Trinajstić information content (AvgIpc) is 3.48. The highest BCUT2D eigenvalue weighted by Crippen LogP contribution is 2.25. The van der Waals surface area contributed by atoms with Gasteiger partial charge in [-0.3, -0.25) is 9.69 Å². The van der Waals surface area contributed by atoms with Crippen molar-refractivity contribution in [1.29, 1.82) is 0 Å². The van der Waals surface area contributed by atoms with Gasteiger partial charge in [-0.1, -0.05) is 22.8 Å². The zero-order valence-corrected chi connectivity index (χ0v) is 16.9. The van der Waals surface area contributed by atoms with Crippen molar-refractivity contribution in [2.45, 2.75) is 6.54 Å². The maximum absolute atomic E-state index is 12.8. The molecule has 148 valence electrons. The molecule has 4 heterocycles. The summed E-state index contributed by atoms with van der Waals surface area (Å²) in [6.07, 6.45) is 0. The lowest BCUT2D eigenvalue weighted by Crippen LogP contribution is -2.48. The number of piperazine rings is 1. The van der Waals surface area contributed by atoms with Gasteiger partial charge in [0.05, 0.1) is 11.4 Å². The van der Waals surface area contributed by atoms with Gasteiger partial charge >= 0.3 is 0 Å². The van der Waals surface area contributed by atoms with Crippen LogP contribution in [-0.2, 0) is 6.54 Å². The van der Waals surface area contributed by atoms with Gasteiger partial charge in [-0.05, 0) is 35.7 Å². The van der Waals surface area contributed by atoms with E-state index in [2.05, 4.69) is 15.0 Å². The Morgan fingerprint density at radius 3 is 2.83 bits per heavy atom. The van der Waals surface area contributed by atoms with Crippen LogP contribution in [0.2, 0.25) is 5.02 Å². The summed E-state index contributed by atoms with van der Waals surface area (Å²) in [7, 11) is 0. The monoisotopic (exact) mass is 428 g/mol. The van der Waals surface area contributed by atoms with Crippen LogP contribution >= 0.6 is 22.9 Å². The highest BCUT2D eigenvalue weighted by molar-refractivity contribution is 7.13. The Balaban J connectivity index is 1.20. The Bertz CT molecular complexity index is 1150. The topological polar surface area (TPSA) is 75.6 Å². The normalized spacial score (nSPS) is 15.3. The molecule has 0 unspecified atom stereocenters. The molecule has 0 bridgehead atoms. The summed E-state index contributed by atoms with van der Waals surface area (Å²) in [5, 5.41) is 7.48. The van der Waals surface area contributed by atoms with Gasteiger partial charge in [0.15, 0.2) is 5.76 Å². The molecule has 0 saturated carbocycles. The zero-order valence-electron chi connectivity index (χ0n) is 15.4. The molecule has 0 spiro atoms. The van der Waals surface area contributed by atoms with Gasteiger partial charge in [0.25, 0.3) is 5.91 Å². The van der Waals surface area contributed by atoms with E-state index >= 15 is 0 Å². The van der Waals surface area contributed by atoms with Crippen LogP contribution in [-0.4, -0.2) is 52.0 Å². The third-order valence-corrected chi connectivity index (χ3v) is 6.02. The summed E-state index contributed by atoms with van der Waals surface area (Å²) in [6, 6.07) is 11.0. The minimum Gasteiger partial charge on any atom is -0.451 e. The van der Waals surface area contributed by atoms with E-state index in [0.717, 1.165) is 23.4 Å². The molecule has 1 fully saturated rings. The molecule has 0 radical (unpaired) electrons. The third kappa shape index (κ3) is 3.78. The molecule has 1 aromatic carbocycles. The number of carbonyl (C=O) groups excluding carboxylic acids is 1. The van der Waals surface area contributed by atoms with Crippen LogP contribution in [0.15, 0.2) is 50.7 Å². The lowest BCUT2D eigenvalue weighted by molar-refractivity contribution is 0.0587. The summed E-state index contributed by atoms with van der Waals surface area (Å²) >= 11 is 7.59. The van der Waals surface area contributed by atoms with Crippen molar-refractivity contribution in [3.8, 4) is 10.7 Å². The first kappa shape index (κ1) is 18.4. The highest BCUT2D eigenvalue weighted by Gasteiger charge is 2.25. The molecular formula is C20H17ClN4O3S. The van der Waals surface area contributed by atoms with Crippen molar-refractivity contribution < 1.29 is 13.7 Å². The minimum atomic E-state index is -0.102. The van der Waals surface area contributed by atoms with Crippen molar-refractivity contribution in [2.75, 3.05) is 26.2 Å². The van der Waals surface area contributed by atoms with Crippen LogP contribution in [0.3, 0.4) is 0 Å². The van der Waals surface area contributed by atoms with Crippen LogP contribution < -0.4 is 0 Å². The average molecular weight is 429 g/mol. The number of hydrogen-bond donors (Lipinski definition) is 0. The van der Waals surface area contributed by atoms with Gasteiger partial charge in [-0.25, -0.2) is 0 Å². The highest BCUT2D eigenvalue weighted by atomic mass is 35.5. The number of carbonyl (C=O) groups is 1. The fourth-order valence-electron chi connectivity index (χ4n) is 3.40. The molecule has 0 atom stereocenters. The van der Waals surface area contributed by atoms with E-state index in [0.29, 0.717) is 47.7 Å². The maximum Gasteiger partial charge on any atom is 0.289 e. The van der Waals surface area contributed by atoms with E-state index in [1.807, 2.05) is 17.5 Å². The van der Waals surface area contributed by atoms with Gasteiger partial charge < -0.3 is 13.8 Å². The van der Waals surface area contributed by atoms with Gasteiger partial charge in [-0.15, -0.1) is 11.3 Å². The van der Waals surface area contributed by atoms with Crippen LogP contribution in [0.25, 0.3) is 21.7 Å². The second kappa shape index (κ2) is 7.62. The number of amides is 1. The van der Waals surface area contributed by atoms with Crippen molar-refractivity contribution in [1.82, 2.24) is 19.9 Å². The quantitative estimate of drug-likeness (QED) is 0.486. The number of halogens is 1. The number of furan rings is 1. The van der Waals surface area contributed by atoms with E-state index < -0.39 is 0 Å².